The number of carboxylic acids is 1. The maximum atomic E-state index is 13.2. The first-order chi connectivity index (χ1) is 18.5. The first-order valence-corrected chi connectivity index (χ1v) is 14.2. The third-order valence-corrected chi connectivity index (χ3v) is 8.78. The molecule has 204 valence electrons. The molecule has 0 saturated heterocycles. The lowest BCUT2D eigenvalue weighted by Crippen LogP contribution is -2.27. The van der Waals surface area contributed by atoms with E-state index < -0.39 is 16.0 Å². The van der Waals surface area contributed by atoms with Gasteiger partial charge in [-0.2, -0.15) is 0 Å². The highest BCUT2D eigenvalue weighted by atomic mass is 35.5. The van der Waals surface area contributed by atoms with Gasteiger partial charge in [0, 0.05) is 29.9 Å². The van der Waals surface area contributed by atoms with Crippen molar-refractivity contribution in [2.75, 3.05) is 11.4 Å². The Morgan fingerprint density at radius 3 is 2.38 bits per heavy atom. The van der Waals surface area contributed by atoms with E-state index in [0.717, 1.165) is 21.5 Å². The quantitative estimate of drug-likeness (QED) is 0.224. The molecular weight excluding hydrogens is 563 g/mol. The fourth-order valence-corrected chi connectivity index (χ4v) is 5.97. The molecule has 0 aliphatic carbocycles. The van der Waals surface area contributed by atoms with Crippen molar-refractivity contribution in [3.05, 3.63) is 104 Å². The zero-order valence-electron chi connectivity index (χ0n) is 21.4. The van der Waals surface area contributed by atoms with Crippen LogP contribution in [0.15, 0.2) is 70.1 Å². The zero-order valence-corrected chi connectivity index (χ0v) is 23.8. The summed E-state index contributed by atoms with van der Waals surface area (Å²) < 4.78 is 39.1. The average Bonchev–Trinajstić information content (AvgIpc) is 3.30. The molecule has 0 atom stereocenters. The molecule has 0 aliphatic rings. The summed E-state index contributed by atoms with van der Waals surface area (Å²) >= 11 is 12.7. The number of nitrogens with zero attached hydrogens (tertiary/aromatic N) is 2. The highest BCUT2D eigenvalue weighted by Gasteiger charge is 2.24. The number of hydrogen-bond donors (Lipinski definition) is 1. The monoisotopic (exact) mass is 588 g/mol. The summed E-state index contributed by atoms with van der Waals surface area (Å²) in [7, 11) is -2.58. The molecule has 4 aromatic rings. The second-order valence-electron chi connectivity index (χ2n) is 8.80. The van der Waals surface area contributed by atoms with Crippen LogP contribution in [0.5, 0.6) is 5.75 Å². The summed E-state index contributed by atoms with van der Waals surface area (Å²) in [4.78, 5) is 11.2. The van der Waals surface area contributed by atoms with Crippen molar-refractivity contribution in [2.45, 2.75) is 38.2 Å². The van der Waals surface area contributed by atoms with Crippen LogP contribution < -0.4 is 9.04 Å². The van der Waals surface area contributed by atoms with Gasteiger partial charge in [-0.1, -0.05) is 47.4 Å². The predicted octanol–water partition coefficient (Wildman–Crippen LogP) is 6.55. The molecule has 0 saturated carbocycles. The zero-order chi connectivity index (χ0) is 28.3. The summed E-state index contributed by atoms with van der Waals surface area (Å²) in [6.45, 7) is 3.90. The van der Waals surface area contributed by atoms with E-state index in [2.05, 4.69) is 5.16 Å². The summed E-state index contributed by atoms with van der Waals surface area (Å²) in [6, 6.07) is 15.6. The lowest BCUT2D eigenvalue weighted by molar-refractivity contribution is 0.0696. The normalized spacial score (nSPS) is 11.4. The first-order valence-electron chi connectivity index (χ1n) is 12.0. The molecular formula is C28H26Cl2N2O6S. The first kappa shape index (κ1) is 28.5. The second kappa shape index (κ2) is 11.7. The van der Waals surface area contributed by atoms with Crippen molar-refractivity contribution in [3.63, 3.8) is 0 Å². The van der Waals surface area contributed by atoms with E-state index in [1.807, 2.05) is 6.92 Å². The van der Waals surface area contributed by atoms with Gasteiger partial charge in [-0.15, -0.1) is 0 Å². The van der Waals surface area contributed by atoms with Gasteiger partial charge in [-0.3, -0.25) is 4.31 Å². The van der Waals surface area contributed by atoms with Crippen molar-refractivity contribution in [1.29, 1.82) is 0 Å². The predicted molar refractivity (Wildman–Crippen MR) is 150 cm³/mol. The number of benzene rings is 3. The molecule has 0 bridgehead atoms. The summed E-state index contributed by atoms with van der Waals surface area (Å²) in [5.74, 6) is 0.0143. The largest absolute Gasteiger partial charge is 0.489 e. The lowest BCUT2D eigenvalue weighted by Gasteiger charge is -2.22. The fraction of sp³-hybridized carbons (Fsp3) is 0.214. The van der Waals surface area contributed by atoms with E-state index in [4.69, 9.17) is 32.5 Å². The van der Waals surface area contributed by atoms with Gasteiger partial charge in [0.25, 0.3) is 10.0 Å². The molecule has 1 aromatic heterocycles. The Morgan fingerprint density at radius 1 is 1.05 bits per heavy atom. The summed E-state index contributed by atoms with van der Waals surface area (Å²) in [5.41, 5.74) is 3.18. The van der Waals surface area contributed by atoms with E-state index >= 15 is 0 Å². The van der Waals surface area contributed by atoms with Crippen molar-refractivity contribution < 1.29 is 27.6 Å². The number of carboxylic acid groups (broad SMARTS) is 1. The lowest BCUT2D eigenvalue weighted by atomic mass is 10.0. The molecule has 0 radical (unpaired) electrons. The SMILES string of the molecule is CCc1onc(Cc2c(Cl)cccc2Cl)c1COc1ccc(N(C)S(=O)(=O)c2cccc(C(=O)O)c2)c(C)c1. The maximum Gasteiger partial charge on any atom is 0.335 e. The third-order valence-electron chi connectivity index (χ3n) is 6.31. The van der Waals surface area contributed by atoms with Gasteiger partial charge in [0.05, 0.1) is 27.4 Å². The number of sulfonamides is 1. The van der Waals surface area contributed by atoms with Crippen molar-refractivity contribution in [2.24, 2.45) is 0 Å². The summed E-state index contributed by atoms with van der Waals surface area (Å²) in [6.07, 6.45) is 0.996. The standard InChI is InChI=1S/C28H26Cl2N2O6S/c1-4-27-22(25(31-38-27)15-21-23(29)9-6-10-24(21)30)16-37-19-11-12-26(17(2)13-19)32(3)39(35,36)20-8-5-7-18(14-20)28(33)34/h5-14H,4,15-16H2,1-3H3,(H,33,34). The molecule has 4 rings (SSSR count). The van der Waals surface area contributed by atoms with Crippen LogP contribution in [-0.2, 0) is 29.5 Å². The van der Waals surface area contributed by atoms with Gasteiger partial charge in [0.1, 0.15) is 18.1 Å². The molecule has 8 nitrogen and oxygen atoms in total. The van der Waals surface area contributed by atoms with E-state index in [0.29, 0.717) is 51.3 Å². The van der Waals surface area contributed by atoms with Crippen LogP contribution in [0, 0.1) is 6.92 Å². The number of carbonyl (C=O) groups is 1. The smallest absolute Gasteiger partial charge is 0.335 e. The molecule has 39 heavy (non-hydrogen) atoms. The van der Waals surface area contributed by atoms with E-state index in [1.54, 1.807) is 43.3 Å². The Morgan fingerprint density at radius 2 is 1.74 bits per heavy atom. The van der Waals surface area contributed by atoms with E-state index in [-0.39, 0.29) is 17.1 Å². The van der Waals surface area contributed by atoms with Crippen LogP contribution >= 0.6 is 23.2 Å². The Hall–Kier alpha value is -3.53. The van der Waals surface area contributed by atoms with Gasteiger partial charge in [-0.05, 0) is 66.6 Å². The number of rotatable bonds is 10. The maximum absolute atomic E-state index is 13.2. The molecule has 0 fully saturated rings. The molecule has 0 aliphatic heterocycles. The molecule has 11 heteroatoms. The Bertz CT molecular complexity index is 1610. The topological polar surface area (TPSA) is 110 Å². The molecule has 3 aromatic carbocycles. The van der Waals surface area contributed by atoms with Crippen molar-refractivity contribution in [1.82, 2.24) is 5.16 Å². The van der Waals surface area contributed by atoms with Crippen LogP contribution in [-0.4, -0.2) is 31.7 Å². The van der Waals surface area contributed by atoms with Gasteiger partial charge in [-0.25, -0.2) is 13.2 Å². The van der Waals surface area contributed by atoms with E-state index in [1.165, 1.54) is 25.2 Å². The highest BCUT2D eigenvalue weighted by molar-refractivity contribution is 7.92. The number of aromatic carboxylic acids is 1. The Labute approximate surface area is 236 Å². The number of aromatic nitrogens is 1. The minimum Gasteiger partial charge on any atom is -0.489 e. The van der Waals surface area contributed by atoms with Crippen molar-refractivity contribution in [3.8, 4) is 5.75 Å². The molecule has 0 amide bonds. The van der Waals surface area contributed by atoms with Crippen LogP contribution in [0.25, 0.3) is 0 Å². The van der Waals surface area contributed by atoms with Crippen molar-refractivity contribution >= 4 is 44.9 Å². The minimum atomic E-state index is -4.00. The van der Waals surface area contributed by atoms with Gasteiger partial charge < -0.3 is 14.4 Å². The van der Waals surface area contributed by atoms with Crippen LogP contribution in [0.3, 0.4) is 0 Å². The highest BCUT2D eigenvalue weighted by Crippen LogP contribution is 2.31. The van der Waals surface area contributed by atoms with Gasteiger partial charge in [0.15, 0.2) is 0 Å². The van der Waals surface area contributed by atoms with E-state index in [9.17, 15) is 18.3 Å². The fourth-order valence-electron chi connectivity index (χ4n) is 4.13. The minimum absolute atomic E-state index is 0.110. The summed E-state index contributed by atoms with van der Waals surface area (Å²) in [5, 5.41) is 14.5. The number of anilines is 1. The average molecular weight is 589 g/mol. The van der Waals surface area contributed by atoms with Crippen LogP contribution in [0.4, 0.5) is 5.69 Å². The number of halogens is 2. The Kier molecular flexibility index (Phi) is 8.54. The molecule has 0 unspecified atom stereocenters. The Balaban J connectivity index is 1.54. The van der Waals surface area contributed by atoms with Gasteiger partial charge in [0.2, 0.25) is 0 Å². The number of hydrogen-bond acceptors (Lipinski definition) is 6. The molecule has 0 spiro atoms. The third kappa shape index (κ3) is 6.06. The number of aryl methyl sites for hydroxylation is 2. The van der Waals surface area contributed by atoms with Crippen LogP contribution in [0.1, 0.15) is 45.4 Å². The molecule has 1 heterocycles. The number of ether oxygens (including phenoxy) is 1. The molecule has 1 N–H and O–H groups in total. The van der Waals surface area contributed by atoms with Crippen LogP contribution in [0.2, 0.25) is 10.0 Å². The van der Waals surface area contributed by atoms with Gasteiger partial charge >= 0.3 is 5.97 Å². The second-order valence-corrected chi connectivity index (χ2v) is 11.6.